The van der Waals surface area contributed by atoms with Crippen molar-refractivity contribution in [2.45, 2.75) is 64.8 Å². The van der Waals surface area contributed by atoms with E-state index in [1.165, 1.54) is 12.8 Å². The average Bonchev–Trinajstić information content (AvgIpc) is 2.45. The Morgan fingerprint density at radius 2 is 1.95 bits per heavy atom. The second-order valence-corrected chi connectivity index (χ2v) is 6.73. The number of likely N-dealkylation sites (N-methyl/N-ethyl adjacent to an activating group) is 1. The molecule has 0 aromatic rings. The van der Waals surface area contributed by atoms with Crippen LogP contribution in [0, 0.1) is 5.41 Å². The van der Waals surface area contributed by atoms with E-state index in [2.05, 4.69) is 31.1 Å². The molecule has 1 unspecified atom stereocenters. The summed E-state index contributed by atoms with van der Waals surface area (Å²) in [7, 11) is 2.13. The van der Waals surface area contributed by atoms with Gasteiger partial charge in [0.05, 0.1) is 10.4 Å². The van der Waals surface area contributed by atoms with Gasteiger partial charge in [0.2, 0.25) is 5.91 Å². The van der Waals surface area contributed by atoms with Gasteiger partial charge in [-0.05, 0) is 39.3 Å². The van der Waals surface area contributed by atoms with Crippen LogP contribution in [-0.2, 0) is 4.79 Å². The first-order valence-corrected chi connectivity index (χ1v) is 8.67. The van der Waals surface area contributed by atoms with Crippen molar-refractivity contribution < 1.29 is 4.79 Å². The molecule has 0 radical (unpaired) electrons. The van der Waals surface area contributed by atoms with Crippen molar-refractivity contribution in [3.63, 3.8) is 0 Å². The molecule has 4 nitrogen and oxygen atoms in total. The van der Waals surface area contributed by atoms with Crippen molar-refractivity contribution in [1.29, 1.82) is 0 Å². The number of thiocarbonyl (C=S) groups is 1. The minimum Gasteiger partial charge on any atom is -0.392 e. The number of nitrogens with zero attached hydrogens (tertiary/aromatic N) is 1. The lowest BCUT2D eigenvalue weighted by Crippen LogP contribution is -2.52. The molecular weight excluding hydrogens is 282 g/mol. The number of hydrogen-bond donors (Lipinski definition) is 2. The summed E-state index contributed by atoms with van der Waals surface area (Å²) in [5.41, 5.74) is 5.28. The highest BCUT2D eigenvalue weighted by molar-refractivity contribution is 7.80. The molecule has 0 bridgehead atoms. The molecule has 1 amide bonds. The zero-order valence-corrected chi connectivity index (χ0v) is 14.6. The van der Waals surface area contributed by atoms with E-state index in [0.29, 0.717) is 17.6 Å². The van der Waals surface area contributed by atoms with Crippen LogP contribution in [0.1, 0.15) is 58.8 Å². The highest BCUT2D eigenvalue weighted by Crippen LogP contribution is 2.31. The minimum absolute atomic E-state index is 0.0256. The van der Waals surface area contributed by atoms with Crippen molar-refractivity contribution in [2.75, 3.05) is 20.1 Å². The molecule has 1 heterocycles. The molecule has 0 aromatic heterocycles. The standard InChI is InChI=1S/C16H31N3OS/c1-4-9-16(10-5-2,14(17)21)15(20)18-12-13-8-6-7-11-19(13)3/h13H,4-12H2,1-3H3,(H2,17,21)(H,18,20). The van der Waals surface area contributed by atoms with Crippen LogP contribution in [0.15, 0.2) is 0 Å². The normalized spacial score (nSPS) is 20.2. The molecule has 1 atom stereocenters. The summed E-state index contributed by atoms with van der Waals surface area (Å²) in [6.07, 6.45) is 6.95. The van der Waals surface area contributed by atoms with Gasteiger partial charge in [0.1, 0.15) is 0 Å². The molecule has 21 heavy (non-hydrogen) atoms. The summed E-state index contributed by atoms with van der Waals surface area (Å²) in [6.45, 7) is 5.97. The molecule has 0 spiro atoms. The number of hydrogen-bond acceptors (Lipinski definition) is 3. The van der Waals surface area contributed by atoms with Gasteiger partial charge in [-0.3, -0.25) is 4.79 Å². The monoisotopic (exact) mass is 313 g/mol. The fourth-order valence-electron chi connectivity index (χ4n) is 3.35. The first-order valence-electron chi connectivity index (χ1n) is 8.26. The van der Waals surface area contributed by atoms with E-state index in [9.17, 15) is 4.79 Å². The Hall–Kier alpha value is -0.680. The summed E-state index contributed by atoms with van der Waals surface area (Å²) < 4.78 is 0. The number of carbonyl (C=O) groups excluding carboxylic acids is 1. The number of rotatable bonds is 8. The van der Waals surface area contributed by atoms with Gasteiger partial charge in [-0.15, -0.1) is 0 Å². The number of piperidine rings is 1. The third kappa shape index (κ3) is 4.65. The van der Waals surface area contributed by atoms with E-state index in [0.717, 1.165) is 38.6 Å². The van der Waals surface area contributed by atoms with Crippen molar-refractivity contribution in [3.8, 4) is 0 Å². The van der Waals surface area contributed by atoms with E-state index in [-0.39, 0.29) is 5.91 Å². The number of nitrogens with two attached hydrogens (primary N) is 1. The van der Waals surface area contributed by atoms with Crippen LogP contribution < -0.4 is 11.1 Å². The minimum atomic E-state index is -0.661. The van der Waals surface area contributed by atoms with Crippen LogP contribution >= 0.6 is 12.2 Å². The summed E-state index contributed by atoms with van der Waals surface area (Å²) in [5, 5.41) is 3.13. The number of nitrogens with one attached hydrogen (secondary N) is 1. The quantitative estimate of drug-likeness (QED) is 0.676. The molecule has 3 N–H and O–H groups in total. The molecule has 1 saturated heterocycles. The Morgan fingerprint density at radius 1 is 1.33 bits per heavy atom. The molecule has 1 rings (SSSR count). The van der Waals surface area contributed by atoms with Crippen molar-refractivity contribution >= 4 is 23.1 Å². The summed E-state index contributed by atoms with van der Waals surface area (Å²) in [4.78, 5) is 15.4. The van der Waals surface area contributed by atoms with Crippen LogP contribution in [-0.4, -0.2) is 42.0 Å². The number of amides is 1. The maximum Gasteiger partial charge on any atom is 0.233 e. The van der Waals surface area contributed by atoms with Crippen LogP contribution in [0.3, 0.4) is 0 Å². The Morgan fingerprint density at radius 3 is 2.43 bits per heavy atom. The highest BCUT2D eigenvalue weighted by Gasteiger charge is 2.40. The lowest BCUT2D eigenvalue weighted by atomic mass is 9.78. The van der Waals surface area contributed by atoms with E-state index in [4.69, 9.17) is 18.0 Å². The fraction of sp³-hybridized carbons (Fsp3) is 0.875. The topological polar surface area (TPSA) is 58.4 Å². The van der Waals surface area contributed by atoms with Gasteiger partial charge in [-0.1, -0.05) is 45.3 Å². The lowest BCUT2D eigenvalue weighted by Gasteiger charge is -2.35. The molecule has 1 aliphatic heterocycles. The maximum absolute atomic E-state index is 12.7. The van der Waals surface area contributed by atoms with Gasteiger partial charge in [-0.2, -0.15) is 0 Å². The van der Waals surface area contributed by atoms with Crippen LogP contribution in [0.4, 0.5) is 0 Å². The van der Waals surface area contributed by atoms with Crippen molar-refractivity contribution in [1.82, 2.24) is 10.2 Å². The predicted octanol–water partition coefficient (Wildman–Crippen LogP) is 2.46. The van der Waals surface area contributed by atoms with Gasteiger partial charge >= 0.3 is 0 Å². The first-order chi connectivity index (χ1) is 9.97. The molecule has 1 aliphatic rings. The van der Waals surface area contributed by atoms with Gasteiger partial charge in [0.25, 0.3) is 0 Å². The van der Waals surface area contributed by atoms with E-state index < -0.39 is 5.41 Å². The molecule has 0 aromatic carbocycles. The van der Waals surface area contributed by atoms with Gasteiger partial charge in [0, 0.05) is 12.6 Å². The van der Waals surface area contributed by atoms with Gasteiger partial charge in [-0.25, -0.2) is 0 Å². The van der Waals surface area contributed by atoms with Gasteiger partial charge in [0.15, 0.2) is 0 Å². The first kappa shape index (κ1) is 18.4. The van der Waals surface area contributed by atoms with Gasteiger partial charge < -0.3 is 16.0 Å². The Bertz CT molecular complexity index is 353. The zero-order valence-electron chi connectivity index (χ0n) is 13.8. The van der Waals surface area contributed by atoms with Crippen LogP contribution in [0.2, 0.25) is 0 Å². The number of likely N-dealkylation sites (tertiary alicyclic amines) is 1. The zero-order chi connectivity index (χ0) is 15.9. The Balaban J connectivity index is 2.69. The molecule has 0 aliphatic carbocycles. The van der Waals surface area contributed by atoms with E-state index >= 15 is 0 Å². The Labute approximate surface area is 134 Å². The summed E-state index contributed by atoms with van der Waals surface area (Å²) in [6, 6.07) is 0.440. The van der Waals surface area contributed by atoms with E-state index in [1.807, 2.05) is 0 Å². The lowest BCUT2D eigenvalue weighted by molar-refractivity contribution is -0.128. The smallest absolute Gasteiger partial charge is 0.233 e. The third-order valence-corrected chi connectivity index (χ3v) is 5.07. The summed E-state index contributed by atoms with van der Waals surface area (Å²) >= 11 is 5.24. The highest BCUT2D eigenvalue weighted by atomic mass is 32.1. The molecule has 122 valence electrons. The number of carbonyl (C=O) groups is 1. The molecular formula is C16H31N3OS. The Kier molecular flexibility index (Phi) is 7.60. The fourth-order valence-corrected chi connectivity index (χ4v) is 3.64. The molecule has 5 heteroatoms. The maximum atomic E-state index is 12.7. The average molecular weight is 314 g/mol. The van der Waals surface area contributed by atoms with E-state index in [1.54, 1.807) is 0 Å². The molecule has 1 fully saturated rings. The predicted molar refractivity (Wildman–Crippen MR) is 92.3 cm³/mol. The van der Waals surface area contributed by atoms with Crippen LogP contribution in [0.25, 0.3) is 0 Å². The van der Waals surface area contributed by atoms with Crippen molar-refractivity contribution in [3.05, 3.63) is 0 Å². The largest absolute Gasteiger partial charge is 0.392 e. The van der Waals surface area contributed by atoms with Crippen molar-refractivity contribution in [2.24, 2.45) is 11.1 Å². The molecule has 0 saturated carbocycles. The second-order valence-electron chi connectivity index (χ2n) is 6.29. The third-order valence-electron chi connectivity index (χ3n) is 4.68. The second kappa shape index (κ2) is 8.69. The van der Waals surface area contributed by atoms with Crippen LogP contribution in [0.5, 0.6) is 0 Å². The summed E-state index contributed by atoms with van der Waals surface area (Å²) in [5.74, 6) is 0.0256. The SMILES string of the molecule is CCCC(CCC)(C(=O)NCC1CCCCN1C)C(N)=S.